The lowest BCUT2D eigenvalue weighted by molar-refractivity contribution is -0.141. The predicted octanol–water partition coefficient (Wildman–Crippen LogP) is 5.82. The Morgan fingerprint density at radius 1 is 1.00 bits per heavy atom. The fourth-order valence-corrected chi connectivity index (χ4v) is 3.94. The first-order valence-corrected chi connectivity index (χ1v) is 11.6. The first-order chi connectivity index (χ1) is 14.7. The van der Waals surface area contributed by atoms with Crippen LogP contribution >= 0.6 is 23.2 Å². The van der Waals surface area contributed by atoms with Gasteiger partial charge in [0.25, 0.3) is 0 Å². The van der Waals surface area contributed by atoms with Crippen LogP contribution in [0, 0.1) is 0 Å². The molecule has 1 N–H and O–H groups in total. The number of nitrogens with one attached hydrogen (secondary N) is 1. The lowest BCUT2D eigenvalue weighted by atomic mass is 10.0. The maximum absolute atomic E-state index is 13.3. The van der Waals surface area contributed by atoms with Crippen LogP contribution in [0.5, 0.6) is 0 Å². The van der Waals surface area contributed by atoms with Crippen LogP contribution in [-0.2, 0) is 29.0 Å². The van der Waals surface area contributed by atoms with E-state index in [4.69, 9.17) is 23.2 Å². The highest BCUT2D eigenvalue weighted by molar-refractivity contribution is 6.35. The van der Waals surface area contributed by atoms with Crippen LogP contribution in [-0.4, -0.2) is 28.8 Å². The van der Waals surface area contributed by atoms with Gasteiger partial charge in [0.2, 0.25) is 11.8 Å². The van der Waals surface area contributed by atoms with Gasteiger partial charge in [0, 0.05) is 29.1 Å². The second kappa shape index (κ2) is 12.1. The standard InChI is InChI=1S/C25H32Cl2N2O2/c1-5-18-7-9-19(10-8-18)11-14-24(30)29(23(6-2)25(31)28-17(3)4)16-20-12-13-21(26)15-22(20)27/h7-10,12-13,15,17,23H,5-6,11,14,16H2,1-4H3,(H,28,31)/t23-/m0/s1. The normalized spacial score (nSPS) is 12.0. The van der Waals surface area contributed by atoms with Crippen LogP contribution in [0.3, 0.4) is 0 Å². The average molecular weight is 463 g/mol. The number of aryl methyl sites for hydroxylation is 2. The zero-order valence-corrected chi connectivity index (χ0v) is 20.3. The maximum Gasteiger partial charge on any atom is 0.243 e. The summed E-state index contributed by atoms with van der Waals surface area (Å²) in [5.41, 5.74) is 3.14. The summed E-state index contributed by atoms with van der Waals surface area (Å²) in [5.74, 6) is -0.223. The van der Waals surface area contributed by atoms with Gasteiger partial charge in [-0.3, -0.25) is 9.59 Å². The zero-order valence-electron chi connectivity index (χ0n) is 18.8. The fraction of sp³-hybridized carbons (Fsp3) is 0.440. The Bertz CT molecular complexity index is 882. The summed E-state index contributed by atoms with van der Waals surface area (Å²) in [6.45, 7) is 8.11. The summed E-state index contributed by atoms with van der Waals surface area (Å²) in [4.78, 5) is 27.8. The van der Waals surface area contributed by atoms with E-state index in [-0.39, 0.29) is 24.4 Å². The fourth-order valence-electron chi connectivity index (χ4n) is 3.47. The molecular weight excluding hydrogens is 431 g/mol. The lowest BCUT2D eigenvalue weighted by Crippen LogP contribution is -2.50. The molecule has 2 amide bonds. The number of amides is 2. The Morgan fingerprint density at radius 3 is 2.19 bits per heavy atom. The molecule has 0 aromatic heterocycles. The molecular formula is C25H32Cl2N2O2. The molecule has 0 fully saturated rings. The predicted molar refractivity (Wildman–Crippen MR) is 129 cm³/mol. The average Bonchev–Trinajstić information content (AvgIpc) is 2.73. The van der Waals surface area contributed by atoms with E-state index in [0.717, 1.165) is 17.5 Å². The second-order valence-corrected chi connectivity index (χ2v) is 8.86. The molecule has 4 nitrogen and oxygen atoms in total. The molecule has 31 heavy (non-hydrogen) atoms. The van der Waals surface area contributed by atoms with Gasteiger partial charge >= 0.3 is 0 Å². The molecule has 2 rings (SSSR count). The molecule has 0 unspecified atom stereocenters. The molecule has 0 saturated heterocycles. The SMILES string of the molecule is CCc1ccc(CCC(=O)N(Cc2ccc(Cl)cc2Cl)[C@@H](CC)C(=O)NC(C)C)cc1. The number of rotatable bonds is 10. The van der Waals surface area contributed by atoms with Gasteiger partial charge in [0.15, 0.2) is 0 Å². The third-order valence-electron chi connectivity index (χ3n) is 5.23. The summed E-state index contributed by atoms with van der Waals surface area (Å²) in [5, 5.41) is 3.96. The molecule has 6 heteroatoms. The van der Waals surface area contributed by atoms with Gasteiger partial charge in [-0.05, 0) is 61.9 Å². The Balaban J connectivity index is 2.23. The van der Waals surface area contributed by atoms with Gasteiger partial charge in [-0.1, -0.05) is 67.4 Å². The van der Waals surface area contributed by atoms with Crippen molar-refractivity contribution in [1.29, 1.82) is 0 Å². The molecule has 0 aliphatic heterocycles. The Morgan fingerprint density at radius 2 is 1.65 bits per heavy atom. The minimum absolute atomic E-state index is 0.00491. The van der Waals surface area contributed by atoms with Gasteiger partial charge in [-0.25, -0.2) is 0 Å². The van der Waals surface area contributed by atoms with E-state index in [1.165, 1.54) is 5.56 Å². The number of hydrogen-bond donors (Lipinski definition) is 1. The summed E-state index contributed by atoms with van der Waals surface area (Å²) >= 11 is 12.4. The van der Waals surface area contributed by atoms with Gasteiger partial charge in [-0.2, -0.15) is 0 Å². The number of carbonyl (C=O) groups is 2. The molecule has 2 aromatic rings. The van der Waals surface area contributed by atoms with Crippen molar-refractivity contribution in [3.05, 3.63) is 69.2 Å². The molecule has 0 aliphatic rings. The molecule has 0 saturated carbocycles. The highest BCUT2D eigenvalue weighted by atomic mass is 35.5. The van der Waals surface area contributed by atoms with Crippen molar-refractivity contribution in [2.45, 2.75) is 72.0 Å². The maximum atomic E-state index is 13.3. The van der Waals surface area contributed by atoms with E-state index in [9.17, 15) is 9.59 Å². The number of carbonyl (C=O) groups excluding carboxylic acids is 2. The molecule has 1 atom stereocenters. The molecule has 0 heterocycles. The summed E-state index contributed by atoms with van der Waals surface area (Å²) < 4.78 is 0. The summed E-state index contributed by atoms with van der Waals surface area (Å²) in [6, 6.07) is 13.0. The minimum Gasteiger partial charge on any atom is -0.352 e. The molecule has 2 aromatic carbocycles. The first kappa shape index (κ1) is 25.2. The Labute approximate surface area is 195 Å². The third kappa shape index (κ3) is 7.55. The zero-order chi connectivity index (χ0) is 23.0. The van der Waals surface area contributed by atoms with E-state index in [1.807, 2.05) is 26.8 Å². The van der Waals surface area contributed by atoms with Crippen LogP contribution in [0.1, 0.15) is 57.2 Å². The first-order valence-electron chi connectivity index (χ1n) is 10.9. The topological polar surface area (TPSA) is 49.4 Å². The third-order valence-corrected chi connectivity index (χ3v) is 5.82. The minimum atomic E-state index is -0.566. The van der Waals surface area contributed by atoms with Gasteiger partial charge in [0.05, 0.1) is 0 Å². The summed E-state index contributed by atoms with van der Waals surface area (Å²) in [6.07, 6.45) is 2.44. The van der Waals surface area contributed by atoms with Gasteiger partial charge < -0.3 is 10.2 Å². The van der Waals surface area contributed by atoms with E-state index < -0.39 is 6.04 Å². The van der Waals surface area contributed by atoms with E-state index >= 15 is 0 Å². The lowest BCUT2D eigenvalue weighted by Gasteiger charge is -2.31. The van der Waals surface area contributed by atoms with Crippen LogP contribution in [0.2, 0.25) is 10.0 Å². The van der Waals surface area contributed by atoms with Crippen LogP contribution in [0.4, 0.5) is 0 Å². The van der Waals surface area contributed by atoms with Gasteiger partial charge in [0.1, 0.15) is 6.04 Å². The van der Waals surface area contributed by atoms with Crippen LogP contribution in [0.15, 0.2) is 42.5 Å². The number of benzene rings is 2. The molecule has 0 radical (unpaired) electrons. The van der Waals surface area contributed by atoms with Crippen LogP contribution in [0.25, 0.3) is 0 Å². The number of nitrogens with zero attached hydrogens (tertiary/aromatic N) is 1. The van der Waals surface area contributed by atoms with Gasteiger partial charge in [-0.15, -0.1) is 0 Å². The Kier molecular flexibility index (Phi) is 9.86. The number of halogens is 2. The van der Waals surface area contributed by atoms with E-state index in [0.29, 0.717) is 29.3 Å². The molecule has 168 valence electrons. The van der Waals surface area contributed by atoms with Crippen molar-refractivity contribution in [3.63, 3.8) is 0 Å². The molecule has 0 aliphatic carbocycles. The molecule has 0 spiro atoms. The van der Waals surface area contributed by atoms with Crippen molar-refractivity contribution < 1.29 is 9.59 Å². The van der Waals surface area contributed by atoms with Crippen molar-refractivity contribution in [1.82, 2.24) is 10.2 Å². The van der Waals surface area contributed by atoms with Crippen LogP contribution < -0.4 is 5.32 Å². The summed E-state index contributed by atoms with van der Waals surface area (Å²) in [7, 11) is 0. The smallest absolute Gasteiger partial charge is 0.243 e. The van der Waals surface area contributed by atoms with Crippen molar-refractivity contribution in [3.8, 4) is 0 Å². The monoisotopic (exact) mass is 462 g/mol. The Hall–Kier alpha value is -2.04. The van der Waals surface area contributed by atoms with Crippen molar-refractivity contribution in [2.75, 3.05) is 0 Å². The second-order valence-electron chi connectivity index (χ2n) is 8.01. The highest BCUT2D eigenvalue weighted by Gasteiger charge is 2.29. The quantitative estimate of drug-likeness (QED) is 0.483. The van der Waals surface area contributed by atoms with E-state index in [2.05, 4.69) is 36.5 Å². The molecule has 0 bridgehead atoms. The van der Waals surface area contributed by atoms with E-state index in [1.54, 1.807) is 17.0 Å². The van der Waals surface area contributed by atoms with Crippen molar-refractivity contribution in [2.24, 2.45) is 0 Å². The number of hydrogen-bond acceptors (Lipinski definition) is 2. The largest absolute Gasteiger partial charge is 0.352 e. The highest BCUT2D eigenvalue weighted by Crippen LogP contribution is 2.24. The van der Waals surface area contributed by atoms with Crippen molar-refractivity contribution >= 4 is 35.0 Å².